The van der Waals surface area contributed by atoms with Crippen molar-refractivity contribution in [1.29, 1.82) is 0 Å². The molecule has 0 aliphatic rings. The van der Waals surface area contributed by atoms with Crippen LogP contribution in [0, 0.1) is 5.41 Å². The number of allylic oxidation sites excluding steroid dienone is 1. The highest BCUT2D eigenvalue weighted by atomic mass is 15.1. The van der Waals surface area contributed by atoms with Crippen LogP contribution in [-0.2, 0) is 0 Å². The Kier molecular flexibility index (Phi) is 3.43. The Balaban J connectivity index is 4.29. The van der Waals surface area contributed by atoms with Gasteiger partial charge >= 0.3 is 0 Å². The molecule has 2 nitrogen and oxygen atoms in total. The lowest BCUT2D eigenvalue weighted by atomic mass is 9.90. The van der Waals surface area contributed by atoms with Gasteiger partial charge in [0.1, 0.15) is 0 Å². The lowest BCUT2D eigenvalue weighted by Crippen LogP contribution is -2.21. The first kappa shape index (κ1) is 10.3. The minimum Gasteiger partial charge on any atom is -0.386 e. The van der Waals surface area contributed by atoms with Crippen molar-refractivity contribution in [2.45, 2.75) is 27.2 Å². The zero-order valence-corrected chi connectivity index (χ0v) is 8.31. The summed E-state index contributed by atoms with van der Waals surface area (Å²) in [5.41, 5.74) is 5.98. The van der Waals surface area contributed by atoms with Crippen LogP contribution in [0.4, 0.5) is 0 Å². The number of nitrogens with two attached hydrogens (primary N) is 1. The maximum Gasteiger partial charge on any atom is 0.0945 e. The van der Waals surface area contributed by atoms with Crippen molar-refractivity contribution < 1.29 is 0 Å². The van der Waals surface area contributed by atoms with E-state index in [1.54, 1.807) is 0 Å². The second kappa shape index (κ2) is 3.65. The van der Waals surface area contributed by atoms with Crippen molar-refractivity contribution in [2.24, 2.45) is 11.1 Å². The zero-order chi connectivity index (χ0) is 9.07. The molecule has 0 spiro atoms. The molecule has 0 aliphatic carbocycles. The monoisotopic (exact) mass is 156 g/mol. The van der Waals surface area contributed by atoms with E-state index in [-0.39, 0.29) is 5.41 Å². The zero-order valence-electron chi connectivity index (χ0n) is 8.31. The smallest absolute Gasteiger partial charge is 0.0945 e. The van der Waals surface area contributed by atoms with Gasteiger partial charge in [-0.15, -0.1) is 0 Å². The van der Waals surface area contributed by atoms with Gasteiger partial charge in [-0.1, -0.05) is 20.8 Å². The van der Waals surface area contributed by atoms with Crippen LogP contribution in [0.15, 0.2) is 11.9 Å². The molecule has 0 amide bonds. The van der Waals surface area contributed by atoms with Crippen LogP contribution in [0.1, 0.15) is 27.2 Å². The average molecular weight is 156 g/mol. The Labute approximate surface area is 70.1 Å². The summed E-state index contributed by atoms with van der Waals surface area (Å²) in [7, 11) is 3.91. The molecule has 0 radical (unpaired) electrons. The summed E-state index contributed by atoms with van der Waals surface area (Å²) >= 11 is 0. The van der Waals surface area contributed by atoms with Gasteiger partial charge in [0, 0.05) is 14.1 Å². The molecule has 11 heavy (non-hydrogen) atoms. The fourth-order valence-corrected chi connectivity index (χ4v) is 0.631. The van der Waals surface area contributed by atoms with Gasteiger partial charge in [-0.25, -0.2) is 0 Å². The fourth-order valence-electron chi connectivity index (χ4n) is 0.631. The SMILES string of the molecule is CCC(C)(C)/C=C(\N)N(C)C. The highest BCUT2D eigenvalue weighted by molar-refractivity contribution is 5.01. The average Bonchev–Trinajstić information content (AvgIpc) is 1.87. The molecule has 2 N–H and O–H groups in total. The van der Waals surface area contributed by atoms with Crippen LogP contribution in [0.3, 0.4) is 0 Å². The van der Waals surface area contributed by atoms with E-state index >= 15 is 0 Å². The minimum atomic E-state index is 0.217. The molecule has 0 aromatic carbocycles. The molecule has 0 fully saturated rings. The molecule has 0 rings (SSSR count). The quantitative estimate of drug-likeness (QED) is 0.675. The number of hydrogen-bond acceptors (Lipinski definition) is 2. The molecule has 0 atom stereocenters. The van der Waals surface area contributed by atoms with Crippen LogP contribution in [-0.4, -0.2) is 19.0 Å². The lowest BCUT2D eigenvalue weighted by Gasteiger charge is -2.21. The van der Waals surface area contributed by atoms with Crippen molar-refractivity contribution in [3.8, 4) is 0 Å². The first-order chi connectivity index (χ1) is 4.89. The van der Waals surface area contributed by atoms with Gasteiger partial charge < -0.3 is 10.6 Å². The predicted molar refractivity (Wildman–Crippen MR) is 50.0 cm³/mol. The van der Waals surface area contributed by atoms with E-state index in [1.165, 1.54) is 0 Å². The van der Waals surface area contributed by atoms with Gasteiger partial charge in [0.15, 0.2) is 0 Å². The summed E-state index contributed by atoms with van der Waals surface area (Å²) in [6.07, 6.45) is 3.22. The van der Waals surface area contributed by atoms with E-state index in [0.29, 0.717) is 0 Å². The van der Waals surface area contributed by atoms with Gasteiger partial charge in [0.05, 0.1) is 5.82 Å². The van der Waals surface area contributed by atoms with E-state index < -0.39 is 0 Å². The highest BCUT2D eigenvalue weighted by Crippen LogP contribution is 2.22. The molecule has 0 aromatic rings. The summed E-state index contributed by atoms with van der Waals surface area (Å²) in [6.45, 7) is 6.53. The number of rotatable bonds is 3. The standard InChI is InChI=1S/C9H20N2/c1-6-9(2,3)7-8(10)11(4)5/h7H,6,10H2,1-5H3/b8-7+. The number of hydrogen-bond donors (Lipinski definition) is 1. The molecule has 0 unspecified atom stereocenters. The first-order valence-electron chi connectivity index (χ1n) is 4.04. The molecule has 0 saturated heterocycles. The maximum absolute atomic E-state index is 5.77. The third-order valence-electron chi connectivity index (χ3n) is 1.97. The predicted octanol–water partition coefficient (Wildman–Crippen LogP) is 1.78. The summed E-state index contributed by atoms with van der Waals surface area (Å²) in [4.78, 5) is 1.93. The molecule has 0 heterocycles. The van der Waals surface area contributed by atoms with Crippen molar-refractivity contribution in [3.05, 3.63) is 11.9 Å². The van der Waals surface area contributed by atoms with Crippen LogP contribution >= 0.6 is 0 Å². The third kappa shape index (κ3) is 3.91. The van der Waals surface area contributed by atoms with Gasteiger partial charge in [0.25, 0.3) is 0 Å². The molecule has 2 heteroatoms. The van der Waals surface area contributed by atoms with E-state index in [9.17, 15) is 0 Å². The van der Waals surface area contributed by atoms with E-state index in [2.05, 4.69) is 26.8 Å². The van der Waals surface area contributed by atoms with Crippen LogP contribution in [0.25, 0.3) is 0 Å². The summed E-state index contributed by atoms with van der Waals surface area (Å²) in [6, 6.07) is 0. The van der Waals surface area contributed by atoms with E-state index in [1.807, 2.05) is 19.0 Å². The third-order valence-corrected chi connectivity index (χ3v) is 1.97. The Bertz CT molecular complexity index is 146. The normalized spacial score (nSPS) is 13.4. The van der Waals surface area contributed by atoms with Crippen molar-refractivity contribution in [3.63, 3.8) is 0 Å². The van der Waals surface area contributed by atoms with Crippen LogP contribution < -0.4 is 5.73 Å². The Morgan fingerprint density at radius 2 is 1.91 bits per heavy atom. The minimum absolute atomic E-state index is 0.217. The molecular weight excluding hydrogens is 136 g/mol. The van der Waals surface area contributed by atoms with E-state index in [4.69, 9.17) is 5.73 Å². The van der Waals surface area contributed by atoms with Gasteiger partial charge in [-0.05, 0) is 17.9 Å². The molecule has 0 bridgehead atoms. The summed E-state index contributed by atoms with van der Waals surface area (Å²) in [5, 5.41) is 0. The fraction of sp³-hybridized carbons (Fsp3) is 0.778. The van der Waals surface area contributed by atoms with Crippen molar-refractivity contribution in [1.82, 2.24) is 4.90 Å². The van der Waals surface area contributed by atoms with Crippen molar-refractivity contribution >= 4 is 0 Å². The highest BCUT2D eigenvalue weighted by Gasteiger charge is 2.12. The maximum atomic E-state index is 5.77. The van der Waals surface area contributed by atoms with Crippen LogP contribution in [0.5, 0.6) is 0 Å². The number of nitrogens with zero attached hydrogens (tertiary/aromatic N) is 1. The van der Waals surface area contributed by atoms with E-state index in [0.717, 1.165) is 12.2 Å². The molecule has 0 aliphatic heterocycles. The molecular formula is C9H20N2. The Morgan fingerprint density at radius 3 is 2.18 bits per heavy atom. The Morgan fingerprint density at radius 1 is 1.45 bits per heavy atom. The summed E-state index contributed by atoms with van der Waals surface area (Å²) < 4.78 is 0. The summed E-state index contributed by atoms with van der Waals surface area (Å²) in [5.74, 6) is 0.844. The second-order valence-electron chi connectivity index (χ2n) is 3.81. The molecule has 0 saturated carbocycles. The molecule has 66 valence electrons. The second-order valence-corrected chi connectivity index (χ2v) is 3.81. The molecule has 0 aromatic heterocycles. The Hall–Kier alpha value is -0.660. The topological polar surface area (TPSA) is 29.3 Å². The van der Waals surface area contributed by atoms with Gasteiger partial charge in [-0.2, -0.15) is 0 Å². The van der Waals surface area contributed by atoms with Gasteiger partial charge in [-0.3, -0.25) is 0 Å². The first-order valence-corrected chi connectivity index (χ1v) is 4.04. The van der Waals surface area contributed by atoms with Crippen molar-refractivity contribution in [2.75, 3.05) is 14.1 Å². The van der Waals surface area contributed by atoms with Crippen LogP contribution in [0.2, 0.25) is 0 Å². The van der Waals surface area contributed by atoms with Gasteiger partial charge in [0.2, 0.25) is 0 Å². The lowest BCUT2D eigenvalue weighted by molar-refractivity contribution is 0.428. The largest absolute Gasteiger partial charge is 0.386 e.